The topological polar surface area (TPSA) is 84.9 Å². The highest BCUT2D eigenvalue weighted by molar-refractivity contribution is 7.47. The van der Waals surface area contributed by atoms with Gasteiger partial charge in [-0.05, 0) is 6.42 Å². The van der Waals surface area contributed by atoms with Crippen LogP contribution in [0.3, 0.4) is 0 Å². The summed E-state index contributed by atoms with van der Waals surface area (Å²) in [6, 6.07) is 0. The van der Waals surface area contributed by atoms with E-state index in [1.54, 1.807) is 0 Å². The Morgan fingerprint density at radius 1 is 1.00 bits per heavy atom. The normalized spacial score (nSPS) is 13.9. The van der Waals surface area contributed by atoms with Gasteiger partial charge in [-0.25, -0.2) is 4.57 Å². The van der Waals surface area contributed by atoms with Gasteiger partial charge in [0.2, 0.25) is 5.91 Å². The van der Waals surface area contributed by atoms with Crippen LogP contribution in [0.2, 0.25) is 0 Å². The Balaban J connectivity index is 3.40. The van der Waals surface area contributed by atoms with E-state index in [4.69, 9.17) is 9.05 Å². The van der Waals surface area contributed by atoms with Crippen LogP contribution in [-0.2, 0) is 18.4 Å². The number of nitrogens with one attached hydrogen (secondary N) is 1. The molecule has 0 saturated carbocycles. The van der Waals surface area contributed by atoms with Gasteiger partial charge < -0.3 is 10.2 Å². The molecule has 1 atom stereocenters. The van der Waals surface area contributed by atoms with Crippen molar-refractivity contribution in [1.82, 2.24) is 5.32 Å². The molecule has 6 nitrogen and oxygen atoms in total. The second-order valence-corrected chi connectivity index (χ2v) is 6.55. The number of phosphoric acid groups is 1. The zero-order valence-corrected chi connectivity index (χ0v) is 14.2. The van der Waals surface area contributed by atoms with Crippen molar-refractivity contribution in [1.29, 1.82) is 0 Å². The fraction of sp³-hybridized carbons (Fsp3) is 0.929. The molecule has 1 amide bonds. The minimum absolute atomic E-state index is 0.0369. The van der Waals surface area contributed by atoms with E-state index in [2.05, 4.69) is 12.2 Å². The summed E-state index contributed by atoms with van der Waals surface area (Å²) in [4.78, 5) is 20.0. The minimum Gasteiger partial charge on any atom is -0.354 e. The van der Waals surface area contributed by atoms with Crippen molar-refractivity contribution in [2.45, 2.75) is 65.2 Å². The zero-order chi connectivity index (χ0) is 16.0. The third kappa shape index (κ3) is 15.8. The van der Waals surface area contributed by atoms with Gasteiger partial charge >= 0.3 is 7.82 Å². The predicted molar refractivity (Wildman–Crippen MR) is 83.0 cm³/mol. The van der Waals surface area contributed by atoms with E-state index >= 15 is 0 Å². The van der Waals surface area contributed by atoms with Gasteiger partial charge in [-0.15, -0.1) is 0 Å². The lowest BCUT2D eigenvalue weighted by molar-refractivity contribution is -0.119. The molecule has 0 aliphatic rings. The number of rotatable bonds is 14. The number of phosphoric ester groups is 1. The molecule has 126 valence electrons. The van der Waals surface area contributed by atoms with Crippen LogP contribution < -0.4 is 5.32 Å². The highest BCUT2D eigenvalue weighted by atomic mass is 31.2. The molecule has 7 heteroatoms. The molecule has 1 unspecified atom stereocenters. The number of carbonyl (C=O) groups excluding carboxylic acids is 1. The van der Waals surface area contributed by atoms with Gasteiger partial charge in [-0.1, -0.05) is 51.9 Å². The lowest BCUT2D eigenvalue weighted by atomic mass is 10.1. The fourth-order valence-corrected chi connectivity index (χ4v) is 2.60. The van der Waals surface area contributed by atoms with Gasteiger partial charge in [-0.3, -0.25) is 13.8 Å². The van der Waals surface area contributed by atoms with E-state index in [0.717, 1.165) is 19.3 Å². The monoisotopic (exact) mass is 323 g/mol. The molecule has 0 aliphatic carbocycles. The summed E-state index contributed by atoms with van der Waals surface area (Å²) in [7, 11) is -3.97. The molecule has 0 saturated heterocycles. The van der Waals surface area contributed by atoms with Crippen molar-refractivity contribution < 1.29 is 23.3 Å². The van der Waals surface area contributed by atoms with Crippen LogP contribution in [0.5, 0.6) is 0 Å². The Bertz CT molecular complexity index is 312. The van der Waals surface area contributed by atoms with E-state index < -0.39 is 7.82 Å². The van der Waals surface area contributed by atoms with Crippen LogP contribution in [-0.4, -0.2) is 30.6 Å². The molecule has 0 heterocycles. The Labute approximate surface area is 128 Å². The van der Waals surface area contributed by atoms with E-state index in [1.807, 2.05) is 0 Å². The third-order valence-electron chi connectivity index (χ3n) is 2.98. The van der Waals surface area contributed by atoms with E-state index in [0.29, 0.717) is 0 Å². The average molecular weight is 323 g/mol. The first kappa shape index (κ1) is 20.6. The molecule has 0 fully saturated rings. The first-order valence-electron chi connectivity index (χ1n) is 7.84. The summed E-state index contributed by atoms with van der Waals surface area (Å²) >= 11 is 0. The lowest BCUT2D eigenvalue weighted by Gasteiger charge is -2.12. The number of hydrogen-bond donors (Lipinski definition) is 2. The average Bonchev–Trinajstić information content (AvgIpc) is 2.42. The van der Waals surface area contributed by atoms with E-state index in [-0.39, 0.29) is 25.7 Å². The quantitative estimate of drug-likeness (QED) is 0.378. The van der Waals surface area contributed by atoms with Crippen molar-refractivity contribution in [3.05, 3.63) is 0 Å². The van der Waals surface area contributed by atoms with Gasteiger partial charge in [0.15, 0.2) is 0 Å². The Morgan fingerprint density at radius 2 is 1.52 bits per heavy atom. The number of amides is 1. The molecule has 0 radical (unpaired) electrons. The molecule has 21 heavy (non-hydrogen) atoms. The summed E-state index contributed by atoms with van der Waals surface area (Å²) in [5, 5.41) is 2.47. The minimum atomic E-state index is -3.97. The van der Waals surface area contributed by atoms with Gasteiger partial charge in [0, 0.05) is 13.5 Å². The molecule has 0 aliphatic heterocycles. The van der Waals surface area contributed by atoms with Crippen LogP contribution in [0.4, 0.5) is 0 Å². The van der Waals surface area contributed by atoms with Crippen molar-refractivity contribution in [3.8, 4) is 0 Å². The molecule has 0 spiro atoms. The number of unbranched alkanes of at least 4 members (excludes halogenated alkanes) is 7. The van der Waals surface area contributed by atoms with E-state index in [1.165, 1.54) is 39.0 Å². The SMILES string of the molecule is CCCCCCCCCCOP(=O)(O)OCCNC(C)=O. The summed E-state index contributed by atoms with van der Waals surface area (Å²) in [6.07, 6.45) is 9.20. The van der Waals surface area contributed by atoms with Crippen molar-refractivity contribution in [3.63, 3.8) is 0 Å². The first-order chi connectivity index (χ1) is 9.98. The number of carbonyl (C=O) groups is 1. The zero-order valence-electron chi connectivity index (χ0n) is 13.3. The Hall–Kier alpha value is -0.420. The second kappa shape index (κ2) is 13.3. The molecule has 0 aromatic heterocycles. The van der Waals surface area contributed by atoms with Gasteiger partial charge in [-0.2, -0.15) is 0 Å². The highest BCUT2D eigenvalue weighted by Crippen LogP contribution is 2.42. The maximum absolute atomic E-state index is 11.5. The van der Waals surface area contributed by atoms with Crippen molar-refractivity contribution in [2.75, 3.05) is 19.8 Å². The Morgan fingerprint density at radius 3 is 2.10 bits per heavy atom. The van der Waals surface area contributed by atoms with Gasteiger partial charge in [0.1, 0.15) is 0 Å². The lowest BCUT2D eigenvalue weighted by Crippen LogP contribution is -2.24. The first-order valence-corrected chi connectivity index (χ1v) is 9.34. The maximum Gasteiger partial charge on any atom is 0.472 e. The van der Waals surface area contributed by atoms with Gasteiger partial charge in [0.05, 0.1) is 13.2 Å². The summed E-state index contributed by atoms with van der Waals surface area (Å²) in [5.41, 5.74) is 0. The molecule has 0 rings (SSSR count). The van der Waals surface area contributed by atoms with Crippen LogP contribution in [0, 0.1) is 0 Å². The predicted octanol–water partition coefficient (Wildman–Crippen LogP) is 3.40. The second-order valence-electron chi connectivity index (χ2n) is 5.09. The summed E-state index contributed by atoms with van der Waals surface area (Å²) in [5.74, 6) is -0.203. The van der Waals surface area contributed by atoms with E-state index in [9.17, 15) is 14.3 Å². The maximum atomic E-state index is 11.5. The number of hydrogen-bond acceptors (Lipinski definition) is 4. The molecule has 0 aromatic rings. The molecule has 0 bridgehead atoms. The van der Waals surface area contributed by atoms with Crippen LogP contribution in [0.15, 0.2) is 0 Å². The molecule has 2 N–H and O–H groups in total. The van der Waals surface area contributed by atoms with Crippen LogP contribution in [0.25, 0.3) is 0 Å². The van der Waals surface area contributed by atoms with Crippen molar-refractivity contribution in [2.24, 2.45) is 0 Å². The largest absolute Gasteiger partial charge is 0.472 e. The Kier molecular flexibility index (Phi) is 13.0. The standard InChI is InChI=1S/C14H30NO5P/c1-3-4-5-6-7-8-9-10-12-19-21(17,18)20-13-11-15-14(2)16/h3-13H2,1-2H3,(H,15,16)(H,17,18). The summed E-state index contributed by atoms with van der Waals surface area (Å²) < 4.78 is 21.0. The fourth-order valence-electron chi connectivity index (χ4n) is 1.84. The summed E-state index contributed by atoms with van der Waals surface area (Å²) in [6.45, 7) is 3.95. The molecular weight excluding hydrogens is 293 g/mol. The molecular formula is C14H30NO5P. The molecule has 0 aromatic carbocycles. The third-order valence-corrected chi connectivity index (χ3v) is 4.00. The van der Waals surface area contributed by atoms with Gasteiger partial charge in [0.25, 0.3) is 0 Å². The van der Waals surface area contributed by atoms with Crippen LogP contribution >= 0.6 is 7.82 Å². The van der Waals surface area contributed by atoms with Crippen molar-refractivity contribution >= 4 is 13.7 Å². The smallest absolute Gasteiger partial charge is 0.354 e. The highest BCUT2D eigenvalue weighted by Gasteiger charge is 2.19. The van der Waals surface area contributed by atoms with Crippen LogP contribution in [0.1, 0.15) is 65.2 Å².